The molecule has 1 aromatic heterocycles. The lowest BCUT2D eigenvalue weighted by molar-refractivity contribution is 0.415. The van der Waals surface area contributed by atoms with Gasteiger partial charge in [-0.25, -0.2) is 0 Å². The Hall–Kier alpha value is -2.83. The summed E-state index contributed by atoms with van der Waals surface area (Å²) in [6.45, 7) is 0. The average molecular weight is 314 g/mol. The number of rotatable bonds is 6. The summed E-state index contributed by atoms with van der Waals surface area (Å²) >= 11 is 0. The second kappa shape index (κ2) is 7.44. The van der Waals surface area contributed by atoms with Crippen molar-refractivity contribution in [2.24, 2.45) is 5.10 Å². The van der Waals surface area contributed by atoms with Gasteiger partial charge in [-0.05, 0) is 29.8 Å². The summed E-state index contributed by atoms with van der Waals surface area (Å²) in [6, 6.07) is 9.49. The molecule has 0 amide bonds. The topological polar surface area (TPSA) is 65.9 Å². The summed E-state index contributed by atoms with van der Waals surface area (Å²) in [6.07, 6.45) is 1.73. The number of benzene rings is 1. The van der Waals surface area contributed by atoms with Crippen LogP contribution in [0.3, 0.4) is 0 Å². The van der Waals surface area contributed by atoms with E-state index in [2.05, 4.69) is 20.5 Å². The van der Waals surface area contributed by atoms with Crippen LogP contribution < -0.4 is 20.0 Å². The molecule has 1 N–H and O–H groups in total. The molecular weight excluding hydrogens is 292 g/mol. The molecule has 2 rings (SSSR count). The molecule has 7 nitrogen and oxygen atoms in total. The summed E-state index contributed by atoms with van der Waals surface area (Å²) in [7, 11) is 9.32. The van der Waals surface area contributed by atoms with Crippen molar-refractivity contribution < 1.29 is 4.74 Å². The zero-order valence-electron chi connectivity index (χ0n) is 14.1. The quantitative estimate of drug-likeness (QED) is 0.650. The van der Waals surface area contributed by atoms with E-state index in [0.717, 1.165) is 17.1 Å². The van der Waals surface area contributed by atoms with Crippen LogP contribution in [0.1, 0.15) is 5.56 Å². The average Bonchev–Trinajstić information content (AvgIpc) is 2.55. The number of hydrogen-bond acceptors (Lipinski definition) is 7. The van der Waals surface area contributed by atoms with Crippen molar-refractivity contribution in [1.29, 1.82) is 0 Å². The van der Waals surface area contributed by atoms with Crippen LogP contribution in [0.15, 0.2) is 35.4 Å². The molecule has 0 aliphatic heterocycles. The molecule has 0 bridgehead atoms. The van der Waals surface area contributed by atoms with Crippen molar-refractivity contribution in [2.45, 2.75) is 0 Å². The highest BCUT2D eigenvalue weighted by Crippen LogP contribution is 2.17. The first kappa shape index (κ1) is 16.5. The Morgan fingerprint density at radius 3 is 2.30 bits per heavy atom. The fourth-order valence-corrected chi connectivity index (χ4v) is 1.77. The van der Waals surface area contributed by atoms with E-state index in [9.17, 15) is 0 Å². The van der Waals surface area contributed by atoms with Crippen molar-refractivity contribution in [1.82, 2.24) is 9.97 Å². The van der Waals surface area contributed by atoms with Gasteiger partial charge in [0.15, 0.2) is 5.82 Å². The van der Waals surface area contributed by atoms with Gasteiger partial charge in [0.1, 0.15) is 11.6 Å². The van der Waals surface area contributed by atoms with Crippen LogP contribution in [0.2, 0.25) is 0 Å². The zero-order valence-corrected chi connectivity index (χ0v) is 14.1. The molecule has 0 fully saturated rings. The van der Waals surface area contributed by atoms with E-state index < -0.39 is 0 Å². The molecule has 0 saturated carbocycles. The monoisotopic (exact) mass is 314 g/mol. The van der Waals surface area contributed by atoms with Gasteiger partial charge >= 0.3 is 0 Å². The smallest absolute Gasteiger partial charge is 0.228 e. The van der Waals surface area contributed by atoms with Crippen LogP contribution in [0.4, 0.5) is 17.6 Å². The third-order valence-electron chi connectivity index (χ3n) is 3.07. The van der Waals surface area contributed by atoms with Crippen molar-refractivity contribution in [3.05, 3.63) is 35.9 Å². The van der Waals surface area contributed by atoms with E-state index in [4.69, 9.17) is 4.74 Å². The van der Waals surface area contributed by atoms with Crippen LogP contribution in [0, 0.1) is 0 Å². The third kappa shape index (κ3) is 4.57. The first-order valence-corrected chi connectivity index (χ1v) is 7.16. The Morgan fingerprint density at radius 1 is 1.04 bits per heavy atom. The summed E-state index contributed by atoms with van der Waals surface area (Å²) in [4.78, 5) is 12.6. The molecule has 0 spiro atoms. The first-order chi connectivity index (χ1) is 11.0. The fraction of sp³-hybridized carbons (Fsp3) is 0.312. The molecule has 0 unspecified atom stereocenters. The zero-order chi connectivity index (χ0) is 16.8. The van der Waals surface area contributed by atoms with Crippen LogP contribution >= 0.6 is 0 Å². The lowest BCUT2D eigenvalue weighted by atomic mass is 10.2. The van der Waals surface area contributed by atoms with E-state index >= 15 is 0 Å². The van der Waals surface area contributed by atoms with Gasteiger partial charge in [-0.15, -0.1) is 0 Å². The molecule has 1 heterocycles. The lowest BCUT2D eigenvalue weighted by Gasteiger charge is -2.16. The Kier molecular flexibility index (Phi) is 5.35. The van der Waals surface area contributed by atoms with Crippen molar-refractivity contribution >= 4 is 23.8 Å². The Morgan fingerprint density at radius 2 is 1.74 bits per heavy atom. The van der Waals surface area contributed by atoms with Gasteiger partial charge in [0.2, 0.25) is 5.95 Å². The predicted molar refractivity (Wildman–Crippen MR) is 94.9 cm³/mol. The summed E-state index contributed by atoms with van der Waals surface area (Å²) in [5, 5.41) is 4.23. The lowest BCUT2D eigenvalue weighted by Crippen LogP contribution is -2.17. The minimum atomic E-state index is 0.623. The Labute approximate surface area is 136 Å². The molecule has 7 heteroatoms. The maximum absolute atomic E-state index is 5.13. The minimum Gasteiger partial charge on any atom is -0.497 e. The number of anilines is 3. The Bertz CT molecular complexity index is 641. The van der Waals surface area contributed by atoms with Crippen molar-refractivity contribution in [2.75, 3.05) is 50.5 Å². The molecule has 0 radical (unpaired) electrons. The van der Waals surface area contributed by atoms with E-state index in [1.807, 2.05) is 68.3 Å². The van der Waals surface area contributed by atoms with Gasteiger partial charge in [-0.3, -0.25) is 5.43 Å². The van der Waals surface area contributed by atoms with Gasteiger partial charge in [0.05, 0.1) is 13.3 Å². The van der Waals surface area contributed by atoms with Crippen LogP contribution in [-0.2, 0) is 0 Å². The SMILES string of the molecule is COc1ccc(/C=N\Nc2cc(N(C)C)nc(N(C)C)n2)cc1. The number of hydrogen-bond donors (Lipinski definition) is 1. The molecule has 0 aliphatic rings. The van der Waals surface area contributed by atoms with Crippen LogP contribution in [0.25, 0.3) is 0 Å². The highest BCUT2D eigenvalue weighted by Gasteiger charge is 2.07. The second-order valence-electron chi connectivity index (χ2n) is 5.34. The van der Waals surface area contributed by atoms with Crippen molar-refractivity contribution in [3.63, 3.8) is 0 Å². The van der Waals surface area contributed by atoms with Crippen LogP contribution in [0.5, 0.6) is 5.75 Å². The largest absolute Gasteiger partial charge is 0.497 e. The minimum absolute atomic E-state index is 0.623. The number of methoxy groups -OCH3 is 1. The molecule has 0 atom stereocenters. The number of hydrazone groups is 1. The van der Waals surface area contributed by atoms with Gasteiger partial charge in [-0.1, -0.05) is 0 Å². The number of nitrogens with one attached hydrogen (secondary N) is 1. The Balaban J connectivity index is 2.13. The van der Waals surface area contributed by atoms with E-state index in [0.29, 0.717) is 11.8 Å². The van der Waals surface area contributed by atoms with E-state index in [-0.39, 0.29) is 0 Å². The van der Waals surface area contributed by atoms with Crippen molar-refractivity contribution in [3.8, 4) is 5.75 Å². The maximum Gasteiger partial charge on any atom is 0.228 e. The molecule has 0 saturated heterocycles. The molecule has 1 aromatic carbocycles. The van der Waals surface area contributed by atoms with Gasteiger partial charge < -0.3 is 14.5 Å². The van der Waals surface area contributed by atoms with Gasteiger partial charge in [-0.2, -0.15) is 15.1 Å². The van der Waals surface area contributed by atoms with E-state index in [1.165, 1.54) is 0 Å². The normalized spacial score (nSPS) is 10.7. The van der Waals surface area contributed by atoms with Gasteiger partial charge in [0, 0.05) is 34.3 Å². The summed E-state index contributed by atoms with van der Waals surface area (Å²) in [5.74, 6) is 2.89. The summed E-state index contributed by atoms with van der Waals surface area (Å²) in [5.41, 5.74) is 3.91. The molecular formula is C16H22N6O. The molecule has 122 valence electrons. The molecule has 23 heavy (non-hydrogen) atoms. The molecule has 0 aliphatic carbocycles. The number of aromatic nitrogens is 2. The second-order valence-corrected chi connectivity index (χ2v) is 5.34. The number of ether oxygens (including phenoxy) is 1. The maximum atomic E-state index is 5.13. The predicted octanol–water partition coefficient (Wildman–Crippen LogP) is 2.06. The third-order valence-corrected chi connectivity index (χ3v) is 3.07. The summed E-state index contributed by atoms with van der Waals surface area (Å²) < 4.78 is 5.13. The van der Waals surface area contributed by atoms with E-state index in [1.54, 1.807) is 13.3 Å². The highest BCUT2D eigenvalue weighted by atomic mass is 16.5. The van der Waals surface area contributed by atoms with Crippen LogP contribution in [-0.4, -0.2) is 51.5 Å². The standard InChI is InChI=1S/C16H22N6O/c1-21(2)15-10-14(18-16(19-15)22(3)4)20-17-11-12-6-8-13(23-5)9-7-12/h6-11H,1-5H3,(H,18,19,20)/b17-11-. The van der Waals surface area contributed by atoms with Gasteiger partial charge in [0.25, 0.3) is 0 Å². The first-order valence-electron chi connectivity index (χ1n) is 7.16. The fourth-order valence-electron chi connectivity index (χ4n) is 1.77. The molecule has 2 aromatic rings. The number of nitrogens with zero attached hydrogens (tertiary/aromatic N) is 5. The highest BCUT2D eigenvalue weighted by molar-refractivity contribution is 5.80.